The molecule has 1 amide bonds. The fourth-order valence-corrected chi connectivity index (χ4v) is 5.99. The van der Waals surface area contributed by atoms with Gasteiger partial charge < -0.3 is 10.3 Å². The standard InChI is InChI=1S/C27H28N4O3S/c32-27(21-13-15-22(16-14-21)35(33,34)31-17-7-2-8-18-31)30-25(19-20-9-3-1-4-10-20)26-28-23-11-5-6-12-24(23)29-26/h1,3-6,9-16,25H,2,7-8,17-19H2,(H,28,29)(H,30,32). The van der Waals surface area contributed by atoms with Crippen molar-refractivity contribution in [3.63, 3.8) is 0 Å². The SMILES string of the molecule is O=C(NC(Cc1ccccc1)c1nc2ccccc2[nH]1)c1ccc(S(=O)(=O)N2CCCCC2)cc1. The van der Waals surface area contributed by atoms with Crippen molar-refractivity contribution in [1.82, 2.24) is 19.6 Å². The van der Waals surface area contributed by atoms with Gasteiger partial charge in [0.15, 0.2) is 0 Å². The zero-order valence-corrected chi connectivity index (χ0v) is 20.2. The van der Waals surface area contributed by atoms with Crippen LogP contribution in [0.5, 0.6) is 0 Å². The lowest BCUT2D eigenvalue weighted by molar-refractivity contribution is 0.0934. The molecule has 35 heavy (non-hydrogen) atoms. The van der Waals surface area contributed by atoms with E-state index in [0.717, 1.165) is 35.9 Å². The van der Waals surface area contributed by atoms with Crippen molar-refractivity contribution in [2.24, 2.45) is 0 Å². The Morgan fingerprint density at radius 3 is 2.31 bits per heavy atom. The van der Waals surface area contributed by atoms with Gasteiger partial charge in [-0.15, -0.1) is 0 Å². The summed E-state index contributed by atoms with van der Waals surface area (Å²) in [5.41, 5.74) is 3.21. The van der Waals surface area contributed by atoms with E-state index in [-0.39, 0.29) is 16.8 Å². The second-order valence-corrected chi connectivity index (χ2v) is 10.8. The number of aromatic nitrogens is 2. The molecule has 0 bridgehead atoms. The minimum absolute atomic E-state index is 0.217. The van der Waals surface area contributed by atoms with Crippen LogP contribution < -0.4 is 5.32 Å². The number of imidazole rings is 1. The molecule has 0 radical (unpaired) electrons. The molecule has 1 atom stereocenters. The average molecular weight is 489 g/mol. The molecule has 0 spiro atoms. The summed E-state index contributed by atoms with van der Waals surface area (Å²) < 4.78 is 27.4. The zero-order valence-electron chi connectivity index (χ0n) is 19.4. The van der Waals surface area contributed by atoms with E-state index in [1.54, 1.807) is 12.1 Å². The zero-order chi connectivity index (χ0) is 24.3. The lowest BCUT2D eigenvalue weighted by Gasteiger charge is -2.25. The number of aromatic amines is 1. The van der Waals surface area contributed by atoms with Crippen molar-refractivity contribution in [3.05, 3.63) is 95.8 Å². The number of H-pyrrole nitrogens is 1. The smallest absolute Gasteiger partial charge is 0.251 e. The molecule has 3 aromatic carbocycles. The van der Waals surface area contributed by atoms with E-state index in [1.165, 1.54) is 16.4 Å². The summed E-state index contributed by atoms with van der Waals surface area (Å²) in [5, 5.41) is 3.09. The normalized spacial score (nSPS) is 15.7. The molecule has 2 heterocycles. The van der Waals surface area contributed by atoms with Gasteiger partial charge in [0.05, 0.1) is 22.0 Å². The number of piperidine rings is 1. The number of rotatable bonds is 7. The summed E-state index contributed by atoms with van der Waals surface area (Å²) in [6.07, 6.45) is 3.38. The van der Waals surface area contributed by atoms with Crippen molar-refractivity contribution in [2.75, 3.05) is 13.1 Å². The van der Waals surface area contributed by atoms with Gasteiger partial charge in [-0.3, -0.25) is 4.79 Å². The Morgan fingerprint density at radius 1 is 0.914 bits per heavy atom. The summed E-state index contributed by atoms with van der Waals surface area (Å²) in [6, 6.07) is 23.5. The maximum atomic E-state index is 13.2. The van der Waals surface area contributed by atoms with Crippen LogP contribution in [0.4, 0.5) is 0 Å². The van der Waals surface area contributed by atoms with Gasteiger partial charge in [-0.2, -0.15) is 4.31 Å². The van der Waals surface area contributed by atoms with Crippen LogP contribution in [-0.4, -0.2) is 41.7 Å². The number of amides is 1. The first kappa shape index (κ1) is 23.3. The van der Waals surface area contributed by atoms with Crippen molar-refractivity contribution in [1.29, 1.82) is 0 Å². The number of benzene rings is 3. The third kappa shape index (κ3) is 5.13. The van der Waals surface area contributed by atoms with Crippen LogP contribution in [0.25, 0.3) is 11.0 Å². The van der Waals surface area contributed by atoms with Crippen LogP contribution >= 0.6 is 0 Å². The van der Waals surface area contributed by atoms with E-state index in [9.17, 15) is 13.2 Å². The van der Waals surface area contributed by atoms with Crippen LogP contribution in [0.2, 0.25) is 0 Å². The Balaban J connectivity index is 1.37. The van der Waals surface area contributed by atoms with E-state index >= 15 is 0 Å². The van der Waals surface area contributed by atoms with Gasteiger partial charge in [-0.1, -0.05) is 48.9 Å². The quantitative estimate of drug-likeness (QED) is 0.402. The largest absolute Gasteiger partial charge is 0.342 e. The Labute approximate surface area is 205 Å². The number of sulfonamides is 1. The van der Waals surface area contributed by atoms with Crippen LogP contribution in [0.3, 0.4) is 0 Å². The second kappa shape index (κ2) is 10.0. The Hall–Kier alpha value is -3.49. The molecule has 7 nitrogen and oxygen atoms in total. The summed E-state index contributed by atoms with van der Waals surface area (Å²) >= 11 is 0. The molecule has 5 rings (SSSR count). The van der Waals surface area contributed by atoms with E-state index in [2.05, 4.69) is 10.3 Å². The summed E-state index contributed by atoms with van der Waals surface area (Å²) in [6.45, 7) is 1.09. The molecule has 8 heteroatoms. The number of carbonyl (C=O) groups is 1. The number of hydrogen-bond acceptors (Lipinski definition) is 4. The topological polar surface area (TPSA) is 95.2 Å². The van der Waals surface area contributed by atoms with Crippen LogP contribution in [0.1, 0.15) is 47.1 Å². The van der Waals surface area contributed by atoms with E-state index in [4.69, 9.17) is 4.98 Å². The van der Waals surface area contributed by atoms with Crippen LogP contribution in [0.15, 0.2) is 83.8 Å². The number of fused-ring (bicyclic) bond motifs is 1. The highest BCUT2D eigenvalue weighted by Crippen LogP contribution is 2.23. The van der Waals surface area contributed by atoms with E-state index in [1.807, 2.05) is 54.6 Å². The Kier molecular flexibility index (Phi) is 6.66. The second-order valence-electron chi connectivity index (χ2n) is 8.84. The van der Waals surface area contributed by atoms with E-state index < -0.39 is 10.0 Å². The van der Waals surface area contributed by atoms with Gasteiger partial charge in [0.1, 0.15) is 5.82 Å². The molecule has 1 aliphatic heterocycles. The molecular formula is C27H28N4O3S. The molecule has 2 N–H and O–H groups in total. The first-order chi connectivity index (χ1) is 17.0. The first-order valence-corrected chi connectivity index (χ1v) is 13.3. The van der Waals surface area contributed by atoms with Crippen molar-refractivity contribution in [2.45, 2.75) is 36.6 Å². The van der Waals surface area contributed by atoms with Gasteiger partial charge in [0.2, 0.25) is 10.0 Å². The number of hydrogen-bond donors (Lipinski definition) is 2. The summed E-state index contributed by atoms with van der Waals surface area (Å²) in [7, 11) is -3.54. The van der Waals surface area contributed by atoms with Gasteiger partial charge in [0.25, 0.3) is 5.91 Å². The van der Waals surface area contributed by atoms with Crippen molar-refractivity contribution >= 4 is 27.0 Å². The third-order valence-electron chi connectivity index (χ3n) is 6.40. The number of nitrogens with zero attached hydrogens (tertiary/aromatic N) is 2. The van der Waals surface area contributed by atoms with Crippen molar-refractivity contribution in [3.8, 4) is 0 Å². The predicted molar refractivity (Wildman–Crippen MR) is 135 cm³/mol. The predicted octanol–water partition coefficient (Wildman–Crippen LogP) is 4.45. The minimum Gasteiger partial charge on any atom is -0.342 e. The highest BCUT2D eigenvalue weighted by molar-refractivity contribution is 7.89. The number of para-hydroxylation sites is 2. The Morgan fingerprint density at radius 2 is 1.60 bits per heavy atom. The summed E-state index contributed by atoms with van der Waals surface area (Å²) in [4.78, 5) is 21.4. The van der Waals surface area contributed by atoms with Gasteiger partial charge >= 0.3 is 0 Å². The van der Waals surface area contributed by atoms with Gasteiger partial charge in [0, 0.05) is 18.7 Å². The molecule has 1 aliphatic rings. The highest BCUT2D eigenvalue weighted by Gasteiger charge is 2.26. The highest BCUT2D eigenvalue weighted by atomic mass is 32.2. The van der Waals surface area contributed by atoms with Crippen LogP contribution in [-0.2, 0) is 16.4 Å². The lowest BCUT2D eigenvalue weighted by Crippen LogP contribution is -2.35. The molecule has 1 unspecified atom stereocenters. The molecule has 1 saturated heterocycles. The van der Waals surface area contributed by atoms with Crippen LogP contribution in [0, 0.1) is 0 Å². The fourth-order valence-electron chi connectivity index (χ4n) is 4.48. The van der Waals surface area contributed by atoms with Gasteiger partial charge in [-0.05, 0) is 61.2 Å². The maximum Gasteiger partial charge on any atom is 0.251 e. The summed E-state index contributed by atoms with van der Waals surface area (Å²) in [5.74, 6) is 0.390. The van der Waals surface area contributed by atoms with Crippen molar-refractivity contribution < 1.29 is 13.2 Å². The molecule has 1 aromatic heterocycles. The number of nitrogens with one attached hydrogen (secondary N) is 2. The lowest BCUT2D eigenvalue weighted by atomic mass is 10.0. The van der Waals surface area contributed by atoms with E-state index in [0.29, 0.717) is 30.9 Å². The fraction of sp³-hybridized carbons (Fsp3) is 0.259. The first-order valence-electron chi connectivity index (χ1n) is 11.9. The molecule has 180 valence electrons. The Bertz CT molecular complexity index is 1380. The van der Waals surface area contributed by atoms with Gasteiger partial charge in [-0.25, -0.2) is 13.4 Å². The molecule has 0 saturated carbocycles. The molecule has 1 fully saturated rings. The molecule has 0 aliphatic carbocycles. The molecular weight excluding hydrogens is 460 g/mol. The monoisotopic (exact) mass is 488 g/mol. The minimum atomic E-state index is -3.54. The average Bonchev–Trinajstić information content (AvgIpc) is 3.34. The maximum absolute atomic E-state index is 13.2. The number of carbonyl (C=O) groups excluding carboxylic acids is 1. The molecule has 4 aromatic rings. The third-order valence-corrected chi connectivity index (χ3v) is 8.31.